The van der Waals surface area contributed by atoms with Crippen molar-refractivity contribution in [2.45, 2.75) is 24.3 Å². The summed E-state index contributed by atoms with van der Waals surface area (Å²) in [5, 5.41) is 3.28. The van der Waals surface area contributed by atoms with Gasteiger partial charge in [0, 0.05) is 19.3 Å². The Balaban J connectivity index is 1.87. The van der Waals surface area contributed by atoms with E-state index in [0.717, 1.165) is 30.6 Å². The molecule has 0 atom stereocenters. The number of anilines is 1. The van der Waals surface area contributed by atoms with E-state index in [1.54, 1.807) is 37.6 Å². The summed E-state index contributed by atoms with van der Waals surface area (Å²) in [7, 11) is -1.94. The summed E-state index contributed by atoms with van der Waals surface area (Å²) in [6, 6.07) is 8.80. The van der Waals surface area contributed by atoms with Gasteiger partial charge in [0.05, 0.1) is 17.7 Å². The lowest BCUT2D eigenvalue weighted by Gasteiger charge is -2.21. The van der Waals surface area contributed by atoms with Gasteiger partial charge in [0.25, 0.3) is 0 Å². The first-order valence-electron chi connectivity index (χ1n) is 6.93. The van der Waals surface area contributed by atoms with Gasteiger partial charge in [-0.3, -0.25) is 0 Å². The molecule has 21 heavy (non-hydrogen) atoms. The molecule has 0 bridgehead atoms. The first-order chi connectivity index (χ1) is 10.1. The average Bonchev–Trinajstić information content (AvgIpc) is 2.99. The van der Waals surface area contributed by atoms with E-state index in [9.17, 15) is 8.42 Å². The minimum absolute atomic E-state index is 0.227. The SMILES string of the molecule is CN(Cc1ccco1)S(=O)(=O)c1ccc2c(c1)CCCN2. The number of benzene rings is 1. The Morgan fingerprint density at radius 2 is 2.19 bits per heavy atom. The molecule has 0 spiro atoms. The maximum Gasteiger partial charge on any atom is 0.243 e. The lowest BCUT2D eigenvalue weighted by atomic mass is 10.0. The van der Waals surface area contributed by atoms with E-state index in [1.807, 2.05) is 6.07 Å². The molecule has 2 aromatic rings. The number of sulfonamides is 1. The number of fused-ring (bicyclic) bond motifs is 1. The predicted molar refractivity (Wildman–Crippen MR) is 80.6 cm³/mol. The molecule has 1 aliphatic rings. The van der Waals surface area contributed by atoms with Crippen molar-refractivity contribution in [2.75, 3.05) is 18.9 Å². The lowest BCUT2D eigenvalue weighted by molar-refractivity contribution is 0.406. The fourth-order valence-electron chi connectivity index (χ4n) is 2.50. The van der Waals surface area contributed by atoms with Crippen LogP contribution in [0.1, 0.15) is 17.7 Å². The van der Waals surface area contributed by atoms with Crippen molar-refractivity contribution in [3.05, 3.63) is 47.9 Å². The summed E-state index contributed by atoms with van der Waals surface area (Å²) in [6.45, 7) is 1.17. The second kappa shape index (κ2) is 5.54. The standard InChI is InChI=1S/C15H18N2O3S/c1-17(11-13-5-3-9-20-13)21(18,19)14-6-7-15-12(10-14)4-2-8-16-15/h3,5-7,9-10,16H,2,4,8,11H2,1H3. The quantitative estimate of drug-likeness (QED) is 0.942. The van der Waals surface area contributed by atoms with Gasteiger partial charge in [-0.25, -0.2) is 8.42 Å². The molecule has 3 rings (SSSR count). The Morgan fingerprint density at radius 3 is 2.95 bits per heavy atom. The Kier molecular flexibility index (Phi) is 3.73. The van der Waals surface area contributed by atoms with E-state index in [-0.39, 0.29) is 6.54 Å². The average molecular weight is 306 g/mol. The Bertz CT molecular complexity index is 723. The molecule has 0 unspecified atom stereocenters. The highest BCUT2D eigenvalue weighted by Crippen LogP contribution is 2.26. The maximum absolute atomic E-state index is 12.6. The van der Waals surface area contributed by atoms with Crippen LogP contribution in [-0.4, -0.2) is 26.3 Å². The molecule has 2 heterocycles. The normalized spacial score (nSPS) is 14.8. The van der Waals surface area contributed by atoms with Crippen LogP contribution in [0, 0.1) is 0 Å². The van der Waals surface area contributed by atoms with Gasteiger partial charge in [-0.1, -0.05) is 0 Å². The lowest BCUT2D eigenvalue weighted by Crippen LogP contribution is -2.26. The summed E-state index contributed by atoms with van der Waals surface area (Å²) in [5.74, 6) is 0.626. The van der Waals surface area contributed by atoms with Crippen molar-refractivity contribution in [1.82, 2.24) is 4.31 Å². The molecule has 1 aromatic heterocycles. The van der Waals surface area contributed by atoms with Crippen molar-refractivity contribution < 1.29 is 12.8 Å². The van der Waals surface area contributed by atoms with Crippen molar-refractivity contribution in [3.8, 4) is 0 Å². The smallest absolute Gasteiger partial charge is 0.243 e. The molecular formula is C15H18N2O3S. The third kappa shape index (κ3) is 2.82. The molecule has 0 saturated heterocycles. The monoisotopic (exact) mass is 306 g/mol. The van der Waals surface area contributed by atoms with Gasteiger partial charge in [0.2, 0.25) is 10.0 Å². The van der Waals surface area contributed by atoms with E-state index in [2.05, 4.69) is 5.32 Å². The van der Waals surface area contributed by atoms with Gasteiger partial charge in [-0.15, -0.1) is 0 Å². The Hall–Kier alpha value is -1.79. The molecule has 1 aliphatic heterocycles. The van der Waals surface area contributed by atoms with E-state index in [1.165, 1.54) is 4.31 Å². The van der Waals surface area contributed by atoms with Crippen LogP contribution in [0.2, 0.25) is 0 Å². The molecule has 112 valence electrons. The van der Waals surface area contributed by atoms with Crippen molar-refractivity contribution in [2.24, 2.45) is 0 Å². The molecule has 6 heteroatoms. The maximum atomic E-state index is 12.6. The molecule has 0 aliphatic carbocycles. The van der Waals surface area contributed by atoms with Gasteiger partial charge in [0.15, 0.2) is 0 Å². The highest BCUT2D eigenvalue weighted by molar-refractivity contribution is 7.89. The molecule has 0 radical (unpaired) electrons. The summed E-state index contributed by atoms with van der Waals surface area (Å²) in [4.78, 5) is 0.332. The number of furan rings is 1. The summed E-state index contributed by atoms with van der Waals surface area (Å²) < 4.78 is 31.7. The largest absolute Gasteiger partial charge is 0.468 e. The van der Waals surface area contributed by atoms with Crippen LogP contribution < -0.4 is 5.32 Å². The second-order valence-electron chi connectivity index (χ2n) is 5.19. The number of nitrogens with one attached hydrogen (secondary N) is 1. The molecule has 5 nitrogen and oxygen atoms in total. The fraction of sp³-hybridized carbons (Fsp3) is 0.333. The van der Waals surface area contributed by atoms with E-state index >= 15 is 0 Å². The first-order valence-corrected chi connectivity index (χ1v) is 8.37. The second-order valence-corrected chi connectivity index (χ2v) is 7.23. The Morgan fingerprint density at radius 1 is 1.33 bits per heavy atom. The highest BCUT2D eigenvalue weighted by atomic mass is 32.2. The molecule has 0 saturated carbocycles. The molecule has 0 amide bonds. The third-order valence-corrected chi connectivity index (χ3v) is 5.48. The zero-order valence-electron chi connectivity index (χ0n) is 11.9. The van der Waals surface area contributed by atoms with Gasteiger partial charge in [-0.05, 0) is 48.7 Å². The minimum Gasteiger partial charge on any atom is -0.468 e. The molecule has 0 fully saturated rings. The number of hydrogen-bond donors (Lipinski definition) is 1. The van der Waals surface area contributed by atoms with Crippen molar-refractivity contribution in [1.29, 1.82) is 0 Å². The van der Waals surface area contributed by atoms with Gasteiger partial charge >= 0.3 is 0 Å². The van der Waals surface area contributed by atoms with Crippen LogP contribution in [0.5, 0.6) is 0 Å². The summed E-state index contributed by atoms with van der Waals surface area (Å²) in [6.07, 6.45) is 3.48. The van der Waals surface area contributed by atoms with Crippen molar-refractivity contribution >= 4 is 15.7 Å². The zero-order valence-corrected chi connectivity index (χ0v) is 12.7. The number of rotatable bonds is 4. The number of nitrogens with zero attached hydrogens (tertiary/aromatic N) is 1. The zero-order chi connectivity index (χ0) is 14.9. The van der Waals surface area contributed by atoms with E-state index in [0.29, 0.717) is 10.7 Å². The predicted octanol–water partition coefficient (Wildman–Crippen LogP) is 2.46. The topological polar surface area (TPSA) is 62.6 Å². The molecule has 1 aromatic carbocycles. The van der Waals surface area contributed by atoms with Crippen molar-refractivity contribution in [3.63, 3.8) is 0 Å². The number of aryl methyl sites for hydroxylation is 1. The first kappa shape index (κ1) is 14.2. The van der Waals surface area contributed by atoms with E-state index < -0.39 is 10.0 Å². The van der Waals surface area contributed by atoms with Gasteiger partial charge < -0.3 is 9.73 Å². The number of hydrogen-bond acceptors (Lipinski definition) is 4. The minimum atomic E-state index is -3.50. The van der Waals surface area contributed by atoms with Gasteiger partial charge in [-0.2, -0.15) is 4.31 Å². The van der Waals surface area contributed by atoms with Crippen LogP contribution in [0.25, 0.3) is 0 Å². The van der Waals surface area contributed by atoms with Gasteiger partial charge in [0.1, 0.15) is 5.76 Å². The van der Waals surface area contributed by atoms with Crippen LogP contribution in [0.3, 0.4) is 0 Å². The summed E-state index contributed by atoms with van der Waals surface area (Å²) >= 11 is 0. The third-order valence-electron chi connectivity index (χ3n) is 3.68. The molecule has 1 N–H and O–H groups in total. The van der Waals surface area contributed by atoms with Crippen LogP contribution in [0.15, 0.2) is 45.9 Å². The molecular weight excluding hydrogens is 288 g/mol. The van der Waals surface area contributed by atoms with E-state index in [4.69, 9.17) is 4.42 Å². The van der Waals surface area contributed by atoms with Crippen LogP contribution in [0.4, 0.5) is 5.69 Å². The highest BCUT2D eigenvalue weighted by Gasteiger charge is 2.23. The summed E-state index contributed by atoms with van der Waals surface area (Å²) in [5.41, 5.74) is 2.10. The Labute approximate surface area is 124 Å². The van der Waals surface area contributed by atoms with Crippen LogP contribution in [-0.2, 0) is 23.0 Å². The fourth-order valence-corrected chi connectivity index (χ4v) is 3.69. The van der Waals surface area contributed by atoms with Crippen LogP contribution >= 0.6 is 0 Å².